The summed E-state index contributed by atoms with van der Waals surface area (Å²) >= 11 is 0. The van der Waals surface area contributed by atoms with E-state index in [0.717, 1.165) is 54.7 Å². The van der Waals surface area contributed by atoms with Crippen LogP contribution in [0.15, 0.2) is 48.0 Å². The van der Waals surface area contributed by atoms with E-state index >= 15 is 0 Å². The van der Waals surface area contributed by atoms with Crippen molar-refractivity contribution < 1.29 is 24.3 Å². The van der Waals surface area contributed by atoms with Crippen molar-refractivity contribution in [1.82, 2.24) is 5.32 Å². The first-order valence-electron chi connectivity index (χ1n) is 11.9. The second kappa shape index (κ2) is 12.8. The van der Waals surface area contributed by atoms with Gasteiger partial charge in [-0.1, -0.05) is 36.4 Å². The van der Waals surface area contributed by atoms with Gasteiger partial charge in [-0.15, -0.1) is 0 Å². The fourth-order valence-corrected chi connectivity index (χ4v) is 4.64. The maximum absolute atomic E-state index is 12.9. The zero-order valence-electron chi connectivity index (χ0n) is 20.0. The molecular weight excluding hydrogens is 444 g/mol. The van der Waals surface area contributed by atoms with Crippen LogP contribution in [-0.2, 0) is 27.2 Å². The third-order valence-electron chi connectivity index (χ3n) is 6.60. The minimum absolute atomic E-state index is 0.144. The predicted molar refractivity (Wildman–Crippen MR) is 136 cm³/mol. The van der Waals surface area contributed by atoms with Crippen LogP contribution in [0.4, 0.5) is 5.69 Å². The molecule has 0 radical (unpaired) electrons. The molecule has 2 aromatic rings. The van der Waals surface area contributed by atoms with Crippen molar-refractivity contribution in [3.8, 4) is 0 Å². The van der Waals surface area contributed by atoms with Crippen molar-refractivity contribution in [1.29, 1.82) is 0 Å². The van der Waals surface area contributed by atoms with E-state index in [1.807, 2.05) is 37.4 Å². The summed E-state index contributed by atoms with van der Waals surface area (Å²) in [5, 5.41) is 13.3. The van der Waals surface area contributed by atoms with E-state index in [-0.39, 0.29) is 42.2 Å². The van der Waals surface area contributed by atoms with Crippen LogP contribution in [0, 0.1) is 5.92 Å². The van der Waals surface area contributed by atoms with Crippen LogP contribution < -0.4 is 10.6 Å². The number of rotatable bonds is 8. The summed E-state index contributed by atoms with van der Waals surface area (Å²) < 4.78 is 0. The van der Waals surface area contributed by atoms with E-state index in [1.54, 1.807) is 18.2 Å². The number of nitrogens with one attached hydrogen (secondary N) is 2. The topological polar surface area (TPSA) is 113 Å². The van der Waals surface area contributed by atoms with Gasteiger partial charge in [-0.2, -0.15) is 0 Å². The smallest absolute Gasteiger partial charge is 0.290 e. The Morgan fingerprint density at radius 3 is 2.43 bits per heavy atom. The maximum Gasteiger partial charge on any atom is 0.290 e. The normalized spacial score (nSPS) is 15.2. The molecule has 1 aliphatic heterocycles. The molecule has 1 aliphatic carbocycles. The van der Waals surface area contributed by atoms with E-state index in [9.17, 15) is 14.4 Å². The highest BCUT2D eigenvalue weighted by Crippen LogP contribution is 2.28. The monoisotopic (exact) mass is 476 g/mol. The van der Waals surface area contributed by atoms with Crippen molar-refractivity contribution in [3.05, 3.63) is 70.3 Å². The zero-order chi connectivity index (χ0) is 25.2. The van der Waals surface area contributed by atoms with Gasteiger partial charge >= 0.3 is 0 Å². The summed E-state index contributed by atoms with van der Waals surface area (Å²) in [6, 6.07) is 13.0. The van der Waals surface area contributed by atoms with Crippen LogP contribution >= 0.6 is 0 Å². The van der Waals surface area contributed by atoms with Crippen molar-refractivity contribution in [2.45, 2.75) is 38.5 Å². The summed E-state index contributed by atoms with van der Waals surface area (Å²) in [6.07, 6.45) is 5.89. The minimum Gasteiger partial charge on any atom is -0.483 e. The largest absolute Gasteiger partial charge is 0.483 e. The molecule has 0 unspecified atom stereocenters. The number of carbonyl (C=O) groups is 4. The average Bonchev–Trinajstić information content (AvgIpc) is 2.88. The molecule has 1 saturated heterocycles. The van der Waals surface area contributed by atoms with Crippen LogP contribution in [0.1, 0.15) is 52.7 Å². The number of allylic oxidation sites excluding steroid dienone is 1. The van der Waals surface area contributed by atoms with E-state index < -0.39 is 0 Å². The lowest BCUT2D eigenvalue weighted by Gasteiger charge is -2.22. The second-order valence-electron chi connectivity index (χ2n) is 8.84. The van der Waals surface area contributed by atoms with Crippen LogP contribution in [-0.4, -0.2) is 49.1 Å². The fraction of sp³-hybridized carbons (Fsp3) is 0.357. The number of carboxylic acid groups (broad SMARTS) is 1. The van der Waals surface area contributed by atoms with Crippen LogP contribution in [0.25, 0.3) is 6.08 Å². The third-order valence-corrected chi connectivity index (χ3v) is 6.60. The quantitative estimate of drug-likeness (QED) is 0.302. The number of hydrogen-bond donors (Lipinski definition) is 3. The zero-order valence-corrected chi connectivity index (χ0v) is 20.0. The molecular formula is C28H32N2O5. The molecule has 0 saturated carbocycles. The SMILES string of the molecule is CNc1cccc2c1CC(=O)C(C(=O)Cc1ccc(C(=O)CCC3CCNCC3)cc1)=C2.O=CO. The minimum atomic E-state index is -0.250. The van der Waals surface area contributed by atoms with Gasteiger partial charge in [-0.25, -0.2) is 0 Å². The standard InChI is InChI=1S/C27H30N2O3.CH2O2/c1-28-24-4-2-3-21-16-23(27(32)17-22(21)24)26(31)15-19-5-8-20(9-6-19)25(30)10-7-18-11-13-29-14-12-18;2-1-3/h2-6,8-9,16,18,28-29H,7,10-15,17H2,1H3;1H,(H,2,3). The molecule has 0 amide bonds. The molecule has 1 fully saturated rings. The molecule has 184 valence electrons. The molecule has 7 nitrogen and oxygen atoms in total. The first-order valence-corrected chi connectivity index (χ1v) is 11.9. The Hall–Kier alpha value is -3.58. The average molecular weight is 477 g/mol. The number of carbonyl (C=O) groups excluding carboxylic acids is 3. The summed E-state index contributed by atoms with van der Waals surface area (Å²) in [6.45, 7) is 1.84. The predicted octanol–water partition coefficient (Wildman–Crippen LogP) is 3.71. The van der Waals surface area contributed by atoms with Gasteiger partial charge in [0.2, 0.25) is 0 Å². The van der Waals surface area contributed by atoms with Gasteiger partial charge in [-0.05, 0) is 67.1 Å². The summed E-state index contributed by atoms with van der Waals surface area (Å²) in [5.74, 6) is 0.464. The van der Waals surface area contributed by atoms with E-state index in [2.05, 4.69) is 10.6 Å². The summed E-state index contributed by atoms with van der Waals surface area (Å²) in [5.41, 5.74) is 4.52. The number of benzene rings is 2. The molecule has 1 heterocycles. The Kier molecular flexibility index (Phi) is 9.49. The van der Waals surface area contributed by atoms with Gasteiger partial charge in [-0.3, -0.25) is 19.2 Å². The first kappa shape index (κ1) is 26.0. The number of fused-ring (bicyclic) bond motifs is 1. The van der Waals surface area contributed by atoms with Gasteiger partial charge in [0.05, 0.1) is 5.57 Å². The highest BCUT2D eigenvalue weighted by molar-refractivity contribution is 6.25. The van der Waals surface area contributed by atoms with Crippen molar-refractivity contribution in [2.24, 2.45) is 5.92 Å². The molecule has 2 aliphatic rings. The maximum atomic E-state index is 12.9. The highest BCUT2D eigenvalue weighted by Gasteiger charge is 2.25. The van der Waals surface area contributed by atoms with Crippen molar-refractivity contribution in [3.63, 3.8) is 0 Å². The summed E-state index contributed by atoms with van der Waals surface area (Å²) in [7, 11) is 1.83. The molecule has 0 aromatic heterocycles. The van der Waals surface area contributed by atoms with Gasteiger partial charge in [0.15, 0.2) is 17.3 Å². The number of Topliss-reactive ketones (excluding diaryl/α,β-unsaturated/α-hetero) is 3. The Balaban J connectivity index is 0.00000108. The number of ketones is 3. The lowest BCUT2D eigenvalue weighted by molar-refractivity contribution is -0.123. The van der Waals surface area contributed by atoms with Gasteiger partial charge in [0.1, 0.15) is 0 Å². The second-order valence-corrected chi connectivity index (χ2v) is 8.84. The first-order chi connectivity index (χ1) is 17.0. The number of anilines is 1. The van der Waals surface area contributed by atoms with Gasteiger partial charge < -0.3 is 15.7 Å². The Morgan fingerprint density at radius 1 is 1.09 bits per heavy atom. The molecule has 0 bridgehead atoms. The Bertz CT molecular complexity index is 1100. The molecule has 0 atom stereocenters. The van der Waals surface area contributed by atoms with Crippen LogP contribution in [0.3, 0.4) is 0 Å². The lowest BCUT2D eigenvalue weighted by Crippen LogP contribution is -2.27. The van der Waals surface area contributed by atoms with Gasteiger partial charge in [0, 0.05) is 37.6 Å². The fourth-order valence-electron chi connectivity index (χ4n) is 4.64. The summed E-state index contributed by atoms with van der Waals surface area (Å²) in [4.78, 5) is 46.4. The Morgan fingerprint density at radius 2 is 1.77 bits per heavy atom. The molecule has 7 heteroatoms. The van der Waals surface area contributed by atoms with E-state index in [0.29, 0.717) is 17.9 Å². The van der Waals surface area contributed by atoms with Crippen LogP contribution in [0.2, 0.25) is 0 Å². The molecule has 2 aromatic carbocycles. The molecule has 35 heavy (non-hydrogen) atoms. The lowest BCUT2D eigenvalue weighted by atomic mass is 9.86. The van der Waals surface area contributed by atoms with Crippen LogP contribution in [0.5, 0.6) is 0 Å². The van der Waals surface area contributed by atoms with E-state index in [4.69, 9.17) is 9.90 Å². The Labute approximate surface area is 205 Å². The molecule has 0 spiro atoms. The van der Waals surface area contributed by atoms with Gasteiger partial charge in [0.25, 0.3) is 6.47 Å². The van der Waals surface area contributed by atoms with E-state index in [1.165, 1.54) is 0 Å². The third kappa shape index (κ3) is 6.96. The number of hydrogen-bond acceptors (Lipinski definition) is 6. The molecule has 4 rings (SSSR count). The highest BCUT2D eigenvalue weighted by atomic mass is 16.3. The van der Waals surface area contributed by atoms with Crippen molar-refractivity contribution in [2.75, 3.05) is 25.5 Å². The molecule has 3 N–H and O–H groups in total. The number of piperidine rings is 1. The van der Waals surface area contributed by atoms with Crippen molar-refractivity contribution >= 4 is 35.6 Å².